The van der Waals surface area contributed by atoms with E-state index in [-0.39, 0.29) is 11.5 Å². The van der Waals surface area contributed by atoms with Crippen LogP contribution in [-0.2, 0) is 11.3 Å². The molecule has 1 unspecified atom stereocenters. The highest BCUT2D eigenvalue weighted by atomic mass is 35.5. The number of hydrogen-bond acceptors (Lipinski definition) is 5. The third kappa shape index (κ3) is 3.93. The number of carbonyl (C=O) groups is 1. The van der Waals surface area contributed by atoms with Crippen LogP contribution in [0.15, 0.2) is 52.4 Å². The zero-order valence-electron chi connectivity index (χ0n) is 17.4. The number of amides is 1. The third-order valence-corrected chi connectivity index (χ3v) is 6.55. The van der Waals surface area contributed by atoms with Gasteiger partial charge in [-0.2, -0.15) is 0 Å². The molecule has 0 aliphatic rings. The Bertz CT molecular complexity index is 1350. The third-order valence-electron chi connectivity index (χ3n) is 5.10. The maximum Gasteiger partial charge on any atom is 0.262 e. The van der Waals surface area contributed by atoms with E-state index in [9.17, 15) is 9.59 Å². The summed E-state index contributed by atoms with van der Waals surface area (Å²) in [5.41, 5.74) is 2.13. The van der Waals surface area contributed by atoms with Crippen molar-refractivity contribution in [2.45, 2.75) is 44.1 Å². The molecule has 0 saturated carbocycles. The number of nitrogens with one attached hydrogen (secondary N) is 1. The van der Waals surface area contributed by atoms with E-state index in [1.807, 2.05) is 49.4 Å². The van der Waals surface area contributed by atoms with E-state index in [0.29, 0.717) is 33.6 Å². The predicted octanol–water partition coefficient (Wildman–Crippen LogP) is 4.54. The molecule has 9 heteroatoms. The average molecular weight is 456 g/mol. The standard InChI is InChI=1S/C22H22ClN5O2S/c1-4-12-27-20(30)15-8-5-6-11-18(15)28-21(27)25-26-22(28)31-14(3)19(29)24-17-10-7-9-16(23)13(17)2/h5-11,14H,4,12H2,1-3H3,(H,24,29). The largest absolute Gasteiger partial charge is 0.325 e. The molecule has 4 rings (SSSR count). The van der Waals surface area contributed by atoms with E-state index in [4.69, 9.17) is 11.6 Å². The summed E-state index contributed by atoms with van der Waals surface area (Å²) in [6.07, 6.45) is 0.793. The van der Waals surface area contributed by atoms with E-state index in [2.05, 4.69) is 15.5 Å². The van der Waals surface area contributed by atoms with Gasteiger partial charge >= 0.3 is 0 Å². The Morgan fingerprint density at radius 1 is 1.19 bits per heavy atom. The van der Waals surface area contributed by atoms with Gasteiger partial charge in [0.05, 0.1) is 16.2 Å². The minimum atomic E-state index is -0.448. The highest BCUT2D eigenvalue weighted by Crippen LogP contribution is 2.27. The molecular formula is C22H22ClN5O2S. The Morgan fingerprint density at radius 2 is 1.97 bits per heavy atom. The van der Waals surface area contributed by atoms with Gasteiger partial charge in [-0.1, -0.05) is 48.5 Å². The first-order valence-electron chi connectivity index (χ1n) is 10.0. The second-order valence-corrected chi connectivity index (χ2v) is 8.97. The summed E-state index contributed by atoms with van der Waals surface area (Å²) < 4.78 is 3.49. The molecular weight excluding hydrogens is 434 g/mol. The van der Waals surface area contributed by atoms with Crippen LogP contribution < -0.4 is 10.9 Å². The molecule has 0 aliphatic heterocycles. The minimum Gasteiger partial charge on any atom is -0.325 e. The number of aromatic nitrogens is 4. The summed E-state index contributed by atoms with van der Waals surface area (Å²) in [6, 6.07) is 12.8. The van der Waals surface area contributed by atoms with Gasteiger partial charge in [-0.15, -0.1) is 10.2 Å². The molecule has 0 aliphatic carbocycles. The van der Waals surface area contributed by atoms with Crippen LogP contribution in [-0.4, -0.2) is 30.3 Å². The lowest BCUT2D eigenvalue weighted by Gasteiger charge is -2.14. The molecule has 0 radical (unpaired) electrons. The number of aryl methyl sites for hydroxylation is 1. The summed E-state index contributed by atoms with van der Waals surface area (Å²) in [7, 11) is 0. The quantitative estimate of drug-likeness (QED) is 0.432. The van der Waals surface area contributed by atoms with Crippen molar-refractivity contribution in [3.63, 3.8) is 0 Å². The molecule has 0 fully saturated rings. The number of benzene rings is 2. The molecule has 2 aromatic heterocycles. The monoisotopic (exact) mass is 455 g/mol. The maximum atomic E-state index is 12.9. The number of nitrogens with zero attached hydrogens (tertiary/aromatic N) is 4. The van der Waals surface area contributed by atoms with Crippen molar-refractivity contribution in [1.29, 1.82) is 0 Å². The lowest BCUT2D eigenvalue weighted by atomic mass is 10.2. The van der Waals surface area contributed by atoms with Crippen LogP contribution in [0.1, 0.15) is 25.8 Å². The average Bonchev–Trinajstić information content (AvgIpc) is 3.17. The number of fused-ring (bicyclic) bond motifs is 3. The Hall–Kier alpha value is -2.84. The zero-order chi connectivity index (χ0) is 22.1. The number of rotatable bonds is 6. The summed E-state index contributed by atoms with van der Waals surface area (Å²) in [6.45, 7) is 6.22. The van der Waals surface area contributed by atoms with Crippen LogP contribution in [0, 0.1) is 6.92 Å². The second-order valence-electron chi connectivity index (χ2n) is 7.25. The molecule has 7 nitrogen and oxygen atoms in total. The van der Waals surface area contributed by atoms with Gasteiger partial charge in [0.1, 0.15) is 0 Å². The van der Waals surface area contributed by atoms with Crippen LogP contribution in [0.4, 0.5) is 5.69 Å². The minimum absolute atomic E-state index is 0.0869. The number of carbonyl (C=O) groups excluding carboxylic acids is 1. The summed E-state index contributed by atoms with van der Waals surface area (Å²) >= 11 is 7.45. The lowest BCUT2D eigenvalue weighted by molar-refractivity contribution is -0.115. The van der Waals surface area contributed by atoms with Gasteiger partial charge in [-0.3, -0.25) is 18.6 Å². The van der Waals surface area contributed by atoms with Crippen molar-refractivity contribution in [1.82, 2.24) is 19.2 Å². The smallest absolute Gasteiger partial charge is 0.262 e. The number of thioether (sulfide) groups is 1. The SMILES string of the molecule is CCCn1c(=O)c2ccccc2n2c(SC(C)C(=O)Nc3cccc(Cl)c3C)nnc12. The van der Waals surface area contributed by atoms with E-state index in [1.165, 1.54) is 11.8 Å². The van der Waals surface area contributed by atoms with Crippen LogP contribution in [0.2, 0.25) is 5.02 Å². The van der Waals surface area contributed by atoms with Gasteiger partial charge in [-0.25, -0.2) is 0 Å². The fraction of sp³-hybridized carbons (Fsp3) is 0.273. The first-order chi connectivity index (χ1) is 14.9. The van der Waals surface area contributed by atoms with Crippen molar-refractivity contribution in [2.24, 2.45) is 0 Å². The molecule has 160 valence electrons. The number of halogens is 1. The highest BCUT2D eigenvalue weighted by molar-refractivity contribution is 8.00. The van der Waals surface area contributed by atoms with Crippen LogP contribution in [0.25, 0.3) is 16.7 Å². The Labute approximate surface area is 188 Å². The molecule has 1 N–H and O–H groups in total. The highest BCUT2D eigenvalue weighted by Gasteiger charge is 2.22. The first-order valence-corrected chi connectivity index (χ1v) is 11.3. The van der Waals surface area contributed by atoms with Crippen LogP contribution in [0.5, 0.6) is 0 Å². The maximum absolute atomic E-state index is 12.9. The topological polar surface area (TPSA) is 81.3 Å². The number of para-hydroxylation sites is 1. The van der Waals surface area contributed by atoms with Crippen molar-refractivity contribution < 1.29 is 4.79 Å². The van der Waals surface area contributed by atoms with Crippen LogP contribution >= 0.6 is 23.4 Å². The van der Waals surface area contributed by atoms with Crippen molar-refractivity contribution in [3.05, 3.63) is 63.4 Å². The molecule has 4 aromatic rings. The van der Waals surface area contributed by atoms with Crippen molar-refractivity contribution >= 4 is 51.6 Å². The molecule has 1 atom stereocenters. The fourth-order valence-electron chi connectivity index (χ4n) is 3.42. The van der Waals surface area contributed by atoms with Gasteiger partial charge in [0.2, 0.25) is 11.7 Å². The summed E-state index contributed by atoms with van der Waals surface area (Å²) in [5, 5.41) is 12.8. The summed E-state index contributed by atoms with van der Waals surface area (Å²) in [5.74, 6) is 0.310. The second kappa shape index (κ2) is 8.72. The molecule has 1 amide bonds. The molecule has 2 aromatic carbocycles. The zero-order valence-corrected chi connectivity index (χ0v) is 19.0. The van der Waals surface area contributed by atoms with Gasteiger partial charge in [0.15, 0.2) is 5.16 Å². The Balaban J connectivity index is 1.71. The number of hydrogen-bond donors (Lipinski definition) is 1. The molecule has 0 spiro atoms. The van der Waals surface area contributed by atoms with Gasteiger partial charge < -0.3 is 5.32 Å². The normalized spacial score (nSPS) is 12.4. The van der Waals surface area contributed by atoms with E-state index < -0.39 is 5.25 Å². The van der Waals surface area contributed by atoms with Gasteiger partial charge in [0, 0.05) is 17.3 Å². The Kier molecular flexibility index (Phi) is 6.02. The number of anilines is 1. The van der Waals surface area contributed by atoms with Crippen molar-refractivity contribution in [3.8, 4) is 0 Å². The van der Waals surface area contributed by atoms with E-state index >= 15 is 0 Å². The molecule has 31 heavy (non-hydrogen) atoms. The van der Waals surface area contributed by atoms with E-state index in [1.54, 1.807) is 22.8 Å². The van der Waals surface area contributed by atoms with E-state index in [0.717, 1.165) is 17.5 Å². The van der Waals surface area contributed by atoms with Gasteiger partial charge in [-0.05, 0) is 50.1 Å². The van der Waals surface area contributed by atoms with Gasteiger partial charge in [0.25, 0.3) is 5.56 Å². The first kappa shape index (κ1) is 21.4. The molecule has 2 heterocycles. The molecule has 0 saturated heterocycles. The van der Waals surface area contributed by atoms with Crippen molar-refractivity contribution in [2.75, 3.05) is 5.32 Å². The Morgan fingerprint density at radius 3 is 2.74 bits per heavy atom. The fourth-order valence-corrected chi connectivity index (χ4v) is 4.45. The summed E-state index contributed by atoms with van der Waals surface area (Å²) in [4.78, 5) is 25.8. The van der Waals surface area contributed by atoms with Crippen LogP contribution in [0.3, 0.4) is 0 Å². The predicted molar refractivity (Wildman–Crippen MR) is 125 cm³/mol. The molecule has 0 bridgehead atoms. The lowest BCUT2D eigenvalue weighted by Crippen LogP contribution is -2.24.